The maximum absolute atomic E-state index is 12.4. The molecule has 25 heteroatoms. The predicted octanol–water partition coefficient (Wildman–Crippen LogP) is -0.448. The van der Waals surface area contributed by atoms with Crippen LogP contribution in [0.1, 0.15) is 90.4 Å². The van der Waals surface area contributed by atoms with Crippen LogP contribution < -0.4 is 31.5 Å². The lowest BCUT2D eigenvalue weighted by atomic mass is 9.71. The average molecular weight is 853 g/mol. The smallest absolute Gasteiger partial charge is 0.280 e. The second kappa shape index (κ2) is 26.1. The highest BCUT2D eigenvalue weighted by molar-refractivity contribution is 7.65. The molecule has 0 spiro atoms. The molecule has 1 aliphatic heterocycles. The number of nitrogens with one attached hydrogen (secondary N) is 1. The maximum atomic E-state index is 12.4. The van der Waals surface area contributed by atoms with Gasteiger partial charge in [0, 0.05) is 45.1 Å². The number of ketones is 1. The lowest BCUT2D eigenvalue weighted by Gasteiger charge is -2.34. The minimum absolute atomic E-state index is 0.0403. The van der Waals surface area contributed by atoms with E-state index >= 15 is 0 Å². The largest absolute Gasteiger partial charge is 0.756 e. The van der Waals surface area contributed by atoms with Gasteiger partial charge in [-0.25, -0.2) is 8.62 Å². The van der Waals surface area contributed by atoms with Crippen LogP contribution in [0.4, 0.5) is 0 Å². The van der Waals surface area contributed by atoms with Crippen molar-refractivity contribution < 1.29 is 89.3 Å². The van der Waals surface area contributed by atoms with E-state index in [0.717, 1.165) is 6.29 Å². The molecule has 1 rings (SSSR count). The van der Waals surface area contributed by atoms with E-state index in [1.54, 1.807) is 6.92 Å². The Bertz CT molecular complexity index is 1350. The number of hydrogen-bond acceptors (Lipinski definition) is 19. The van der Waals surface area contributed by atoms with Crippen molar-refractivity contribution >= 4 is 53.3 Å². The molecule has 22 nitrogen and oxygen atoms in total. The van der Waals surface area contributed by atoms with E-state index in [2.05, 4.69) is 23.0 Å². The summed E-state index contributed by atoms with van der Waals surface area (Å²) in [6.07, 6.45) is 0.823. The lowest BCUT2D eigenvalue weighted by molar-refractivity contribution is -0.251. The molecule has 1 heterocycles. The zero-order chi connectivity index (χ0) is 41.5. The molecule has 0 bridgehead atoms. The van der Waals surface area contributed by atoms with Crippen molar-refractivity contribution in [2.24, 2.45) is 16.9 Å². The maximum Gasteiger partial charge on any atom is 0.280 e. The zero-order valence-corrected chi connectivity index (χ0v) is 33.4. The number of carbonyl (C=O) groups excluding carboxylic acids is 5. The molecule has 1 saturated heterocycles. The number of phosphoric acid groups is 3. The molecule has 6 N–H and O–H groups in total. The first kappa shape index (κ1) is 51.0. The number of nitrogens with two attached hydrogens (primary N) is 2. The molecule has 320 valence electrons. The number of hydrogen-bond donors (Lipinski definition) is 4. The summed E-state index contributed by atoms with van der Waals surface area (Å²) in [6, 6.07) is 0. The second-order valence-corrected chi connectivity index (χ2v) is 17.4. The van der Waals surface area contributed by atoms with E-state index in [-0.39, 0.29) is 89.6 Å². The van der Waals surface area contributed by atoms with Crippen molar-refractivity contribution in [3.05, 3.63) is 0 Å². The van der Waals surface area contributed by atoms with Gasteiger partial charge in [-0.1, -0.05) is 6.42 Å². The fraction of sp³-hybridized carbons (Fsp3) is 0.833. The Morgan fingerprint density at radius 1 is 0.818 bits per heavy atom. The SMILES string of the molecule is C[C@H]1CC(O)[C@@H](COP(=O)([O-])OP(=O)([O-])OP(=O)([O-])OCCCCCC(=O)NCCOCCOCC(=O)CCC(CCC=O)(CCC(N)=O)CCC(N)=O)O1. The summed E-state index contributed by atoms with van der Waals surface area (Å²) in [5.41, 5.74) is 9.95. The van der Waals surface area contributed by atoms with Gasteiger partial charge in [0.15, 0.2) is 5.78 Å². The Kier molecular flexibility index (Phi) is 24.2. The van der Waals surface area contributed by atoms with Gasteiger partial charge < -0.3 is 64.6 Å². The van der Waals surface area contributed by atoms with Crippen molar-refractivity contribution in [3.63, 3.8) is 0 Å². The second-order valence-electron chi connectivity index (χ2n) is 12.9. The number of unbranched alkanes of at least 4 members (excludes halogenated alkanes) is 2. The summed E-state index contributed by atoms with van der Waals surface area (Å²) in [5.74, 6) is -1.60. The number of amides is 3. The van der Waals surface area contributed by atoms with Crippen LogP contribution in [0.3, 0.4) is 0 Å². The van der Waals surface area contributed by atoms with E-state index < -0.39 is 72.2 Å². The van der Waals surface area contributed by atoms with Crippen molar-refractivity contribution in [2.45, 2.75) is 109 Å². The molecule has 3 amide bonds. The average Bonchev–Trinajstić information content (AvgIpc) is 3.40. The Hall–Kier alpha value is -2.00. The minimum atomic E-state index is -6.01. The topological polar surface area (TPSA) is 355 Å². The zero-order valence-electron chi connectivity index (χ0n) is 30.7. The van der Waals surface area contributed by atoms with Crippen LogP contribution in [0.5, 0.6) is 0 Å². The highest BCUT2D eigenvalue weighted by atomic mass is 31.3. The number of Topliss-reactive ketones (excluding diaryl/α,β-unsaturated/α-hetero) is 1. The van der Waals surface area contributed by atoms with E-state index in [9.17, 15) is 57.5 Å². The van der Waals surface area contributed by atoms with Gasteiger partial charge in [-0.3, -0.25) is 32.9 Å². The van der Waals surface area contributed by atoms with Crippen molar-refractivity contribution in [3.8, 4) is 0 Å². The van der Waals surface area contributed by atoms with Gasteiger partial charge in [-0.2, -0.15) is 0 Å². The Morgan fingerprint density at radius 2 is 1.42 bits per heavy atom. The normalized spacial score (nSPS) is 20.6. The van der Waals surface area contributed by atoms with Crippen LogP contribution in [0.25, 0.3) is 0 Å². The van der Waals surface area contributed by atoms with Crippen molar-refractivity contribution in [1.82, 2.24) is 5.32 Å². The first-order chi connectivity index (χ1) is 25.7. The van der Waals surface area contributed by atoms with Gasteiger partial charge in [0.25, 0.3) is 23.5 Å². The number of ether oxygens (including phenoxy) is 3. The molecule has 0 aromatic carbocycles. The summed E-state index contributed by atoms with van der Waals surface area (Å²) in [5, 5.41) is 12.4. The molecule has 1 aliphatic rings. The van der Waals surface area contributed by atoms with Crippen molar-refractivity contribution in [1.29, 1.82) is 0 Å². The van der Waals surface area contributed by atoms with Crippen LogP contribution in [0, 0.1) is 5.41 Å². The number of aliphatic hydroxyl groups excluding tert-OH is 1. The van der Waals surface area contributed by atoms with Crippen LogP contribution in [-0.4, -0.2) is 99.4 Å². The number of primary amides is 2. The highest BCUT2D eigenvalue weighted by Crippen LogP contribution is 2.63. The van der Waals surface area contributed by atoms with Gasteiger partial charge in [0.2, 0.25) is 17.7 Å². The molecule has 4 unspecified atom stereocenters. The molecule has 0 aromatic rings. The molecule has 0 aliphatic carbocycles. The molecule has 0 saturated carbocycles. The molecule has 0 radical (unpaired) electrons. The van der Waals surface area contributed by atoms with E-state index in [0.29, 0.717) is 38.5 Å². The standard InChI is InChI=1S/C30H56N3O19P3/c1-23-20-25(36)26(50-23)22-49-54(42,43)52-55(44,45)51-53(40,41)48-16-4-2-3-6-29(39)33-14-17-46-18-19-47-21-24(35)7-11-30(10-5-15-34,12-8-27(31)37)13-9-28(32)38/h15,23,25-26,36H,2-14,16-22H2,1H3,(H2,31,37)(H2,32,38)(H,33,39)(H,40,41)(H,42,43)(H,44,45)/p-3/t23-,25?,26+/m0/s1. The summed E-state index contributed by atoms with van der Waals surface area (Å²) >= 11 is 0. The Balaban J connectivity index is 2.19. The Labute approximate surface area is 319 Å². The number of aliphatic hydroxyl groups is 1. The minimum Gasteiger partial charge on any atom is -0.756 e. The quantitative estimate of drug-likeness (QED) is 0.0362. The molecule has 1 fully saturated rings. The molecular weight excluding hydrogens is 799 g/mol. The van der Waals surface area contributed by atoms with Gasteiger partial charge in [-0.05, 0) is 50.9 Å². The summed E-state index contributed by atoms with van der Waals surface area (Å²) in [6.45, 7) is 0.635. The predicted molar refractivity (Wildman–Crippen MR) is 184 cm³/mol. The van der Waals surface area contributed by atoms with E-state index in [4.69, 9.17) is 25.7 Å². The third kappa shape index (κ3) is 25.1. The third-order valence-electron chi connectivity index (χ3n) is 8.24. The highest BCUT2D eigenvalue weighted by Gasteiger charge is 2.34. The van der Waals surface area contributed by atoms with Crippen LogP contribution >= 0.6 is 23.5 Å². The fourth-order valence-electron chi connectivity index (χ4n) is 5.42. The van der Waals surface area contributed by atoms with E-state index in [1.165, 1.54) is 0 Å². The van der Waals surface area contributed by atoms with Gasteiger partial charge in [0.1, 0.15) is 19.0 Å². The molecule has 6 atom stereocenters. The summed E-state index contributed by atoms with van der Waals surface area (Å²) in [4.78, 5) is 93.7. The van der Waals surface area contributed by atoms with Crippen LogP contribution in [0.2, 0.25) is 0 Å². The van der Waals surface area contributed by atoms with Gasteiger partial charge in [0.05, 0.1) is 45.2 Å². The first-order valence-corrected chi connectivity index (χ1v) is 22.0. The number of aldehydes is 1. The van der Waals surface area contributed by atoms with Crippen LogP contribution in [0.15, 0.2) is 0 Å². The summed E-state index contributed by atoms with van der Waals surface area (Å²) in [7, 11) is -17.2. The molecular formula is C30H53N3O19P3-3. The Morgan fingerprint density at radius 3 is 2.00 bits per heavy atom. The third-order valence-corrected chi connectivity index (χ3v) is 12.4. The summed E-state index contributed by atoms with van der Waals surface area (Å²) < 4.78 is 67.7. The fourth-order valence-corrected chi connectivity index (χ4v) is 8.83. The number of carbonyl (C=O) groups is 5. The number of phosphoric ester groups is 2. The molecule has 0 aromatic heterocycles. The van der Waals surface area contributed by atoms with E-state index in [1.807, 2.05) is 0 Å². The number of rotatable bonds is 34. The van der Waals surface area contributed by atoms with Gasteiger partial charge in [-0.15, -0.1) is 0 Å². The lowest BCUT2D eigenvalue weighted by Crippen LogP contribution is -2.28. The first-order valence-electron chi connectivity index (χ1n) is 17.6. The van der Waals surface area contributed by atoms with Gasteiger partial charge >= 0.3 is 0 Å². The van der Waals surface area contributed by atoms with Crippen molar-refractivity contribution in [2.75, 3.05) is 46.2 Å². The molecule has 55 heavy (non-hydrogen) atoms. The van der Waals surface area contributed by atoms with Crippen LogP contribution in [-0.2, 0) is 69.5 Å². The monoisotopic (exact) mass is 852 g/mol.